The molecule has 0 unspecified atom stereocenters. The standard InChI is InChI=1S/C12H12N2OS/c15-12-9-13-10-5-1-2-6-11(10)14(12)7-3-4-8-16/h1-6,9,16H,7-8H2. The van der Waals surface area contributed by atoms with Crippen LogP contribution in [-0.4, -0.2) is 15.3 Å². The molecule has 0 bridgehead atoms. The smallest absolute Gasteiger partial charge is 0.269 e. The third-order valence-corrected chi connectivity index (χ3v) is 2.52. The van der Waals surface area contributed by atoms with Gasteiger partial charge < -0.3 is 4.57 Å². The number of thiol groups is 1. The number of aromatic nitrogens is 2. The summed E-state index contributed by atoms with van der Waals surface area (Å²) in [6.07, 6.45) is 5.21. The molecule has 0 amide bonds. The van der Waals surface area contributed by atoms with E-state index in [0.29, 0.717) is 12.3 Å². The zero-order chi connectivity index (χ0) is 11.4. The molecule has 0 saturated carbocycles. The van der Waals surface area contributed by atoms with E-state index in [-0.39, 0.29) is 5.56 Å². The Morgan fingerprint density at radius 2 is 2.12 bits per heavy atom. The van der Waals surface area contributed by atoms with Crippen LogP contribution in [-0.2, 0) is 6.54 Å². The van der Waals surface area contributed by atoms with Crippen LogP contribution in [0, 0.1) is 0 Å². The summed E-state index contributed by atoms with van der Waals surface area (Å²) >= 11 is 4.08. The zero-order valence-corrected chi connectivity index (χ0v) is 9.60. The maximum absolute atomic E-state index is 11.7. The molecule has 0 radical (unpaired) electrons. The van der Waals surface area contributed by atoms with E-state index in [1.54, 1.807) is 4.57 Å². The van der Waals surface area contributed by atoms with Crippen LogP contribution >= 0.6 is 12.6 Å². The second kappa shape index (κ2) is 4.99. The van der Waals surface area contributed by atoms with Crippen molar-refractivity contribution >= 4 is 23.7 Å². The fourth-order valence-electron chi connectivity index (χ4n) is 1.56. The minimum absolute atomic E-state index is 0.0810. The van der Waals surface area contributed by atoms with E-state index in [1.807, 2.05) is 36.4 Å². The van der Waals surface area contributed by atoms with Crippen molar-refractivity contribution in [2.24, 2.45) is 0 Å². The third-order valence-electron chi connectivity index (χ3n) is 2.31. The summed E-state index contributed by atoms with van der Waals surface area (Å²) in [6.45, 7) is 0.558. The molecule has 3 nitrogen and oxygen atoms in total. The first-order valence-corrected chi connectivity index (χ1v) is 5.66. The van der Waals surface area contributed by atoms with E-state index in [4.69, 9.17) is 0 Å². The van der Waals surface area contributed by atoms with Crippen LogP contribution in [0.2, 0.25) is 0 Å². The maximum atomic E-state index is 11.7. The molecular formula is C12H12N2OS. The molecule has 0 fully saturated rings. The van der Waals surface area contributed by atoms with Crippen molar-refractivity contribution in [3.05, 3.63) is 53.0 Å². The summed E-state index contributed by atoms with van der Waals surface area (Å²) in [5.41, 5.74) is 1.61. The quantitative estimate of drug-likeness (QED) is 0.648. The summed E-state index contributed by atoms with van der Waals surface area (Å²) in [6, 6.07) is 7.61. The molecule has 0 saturated heterocycles. The van der Waals surface area contributed by atoms with Crippen molar-refractivity contribution in [1.82, 2.24) is 9.55 Å². The van der Waals surface area contributed by atoms with Gasteiger partial charge in [-0.25, -0.2) is 4.98 Å². The fourth-order valence-corrected chi connectivity index (χ4v) is 1.71. The van der Waals surface area contributed by atoms with Crippen LogP contribution in [0.3, 0.4) is 0 Å². The summed E-state index contributed by atoms with van der Waals surface area (Å²) in [5.74, 6) is 0.678. The number of fused-ring (bicyclic) bond motifs is 1. The molecule has 1 aromatic heterocycles. The van der Waals surface area contributed by atoms with E-state index >= 15 is 0 Å². The molecule has 0 aliphatic heterocycles. The summed E-state index contributed by atoms with van der Waals surface area (Å²) in [4.78, 5) is 15.8. The van der Waals surface area contributed by atoms with E-state index in [2.05, 4.69) is 17.6 Å². The Hall–Kier alpha value is -1.55. The molecule has 82 valence electrons. The molecule has 4 heteroatoms. The molecule has 0 aliphatic rings. The van der Waals surface area contributed by atoms with Gasteiger partial charge in [-0.1, -0.05) is 24.3 Å². The van der Waals surface area contributed by atoms with Crippen molar-refractivity contribution in [3.63, 3.8) is 0 Å². The van der Waals surface area contributed by atoms with E-state index in [9.17, 15) is 4.79 Å². The number of benzene rings is 1. The highest BCUT2D eigenvalue weighted by molar-refractivity contribution is 7.80. The molecule has 0 atom stereocenters. The van der Waals surface area contributed by atoms with Gasteiger partial charge in [-0.2, -0.15) is 12.6 Å². The number of nitrogens with zero attached hydrogens (tertiary/aromatic N) is 2. The predicted octanol–water partition coefficient (Wildman–Crippen LogP) is 1.88. The Balaban J connectivity index is 2.53. The Morgan fingerprint density at radius 1 is 1.31 bits per heavy atom. The monoisotopic (exact) mass is 232 g/mol. The van der Waals surface area contributed by atoms with Crippen molar-refractivity contribution in [1.29, 1.82) is 0 Å². The van der Waals surface area contributed by atoms with Crippen LogP contribution in [0.5, 0.6) is 0 Å². The van der Waals surface area contributed by atoms with Crippen molar-refractivity contribution in [2.45, 2.75) is 6.54 Å². The number of rotatable bonds is 3. The average molecular weight is 232 g/mol. The lowest BCUT2D eigenvalue weighted by Gasteiger charge is -2.06. The van der Waals surface area contributed by atoms with Crippen molar-refractivity contribution < 1.29 is 0 Å². The molecule has 0 aliphatic carbocycles. The number of para-hydroxylation sites is 2. The first kappa shape index (κ1) is 11.0. The molecule has 1 aromatic carbocycles. The minimum Gasteiger partial charge on any atom is -0.302 e. The topological polar surface area (TPSA) is 34.9 Å². The van der Waals surface area contributed by atoms with E-state index < -0.39 is 0 Å². The van der Waals surface area contributed by atoms with Crippen molar-refractivity contribution in [2.75, 3.05) is 5.75 Å². The molecule has 1 heterocycles. The van der Waals surface area contributed by atoms with Crippen LogP contribution in [0.15, 0.2) is 47.4 Å². The van der Waals surface area contributed by atoms with Gasteiger partial charge in [0.25, 0.3) is 5.56 Å². The first-order chi connectivity index (χ1) is 7.83. The number of hydrogen-bond acceptors (Lipinski definition) is 3. The van der Waals surface area contributed by atoms with E-state index in [0.717, 1.165) is 11.0 Å². The zero-order valence-electron chi connectivity index (χ0n) is 8.71. The molecule has 0 N–H and O–H groups in total. The highest BCUT2D eigenvalue weighted by Crippen LogP contribution is 2.07. The van der Waals surface area contributed by atoms with Crippen LogP contribution in [0.4, 0.5) is 0 Å². The van der Waals surface area contributed by atoms with Crippen LogP contribution in [0.1, 0.15) is 0 Å². The van der Waals surface area contributed by atoms with E-state index in [1.165, 1.54) is 6.20 Å². The van der Waals surface area contributed by atoms with Gasteiger partial charge in [0, 0.05) is 12.3 Å². The fraction of sp³-hybridized carbons (Fsp3) is 0.167. The van der Waals surface area contributed by atoms with Crippen LogP contribution in [0.25, 0.3) is 11.0 Å². The Morgan fingerprint density at radius 3 is 2.94 bits per heavy atom. The highest BCUT2D eigenvalue weighted by Gasteiger charge is 2.00. The Labute approximate surface area is 98.8 Å². The first-order valence-electron chi connectivity index (χ1n) is 5.03. The summed E-state index contributed by atoms with van der Waals surface area (Å²) in [7, 11) is 0. The maximum Gasteiger partial charge on any atom is 0.269 e. The van der Waals surface area contributed by atoms with Gasteiger partial charge in [0.15, 0.2) is 0 Å². The third kappa shape index (κ3) is 2.17. The molecule has 0 spiro atoms. The molecule has 16 heavy (non-hydrogen) atoms. The SMILES string of the molecule is O=c1cnc2ccccc2n1CC=CCS. The summed E-state index contributed by atoms with van der Waals surface area (Å²) < 4.78 is 1.70. The lowest BCUT2D eigenvalue weighted by atomic mass is 10.3. The lowest BCUT2D eigenvalue weighted by molar-refractivity contribution is 0.807. The van der Waals surface area contributed by atoms with Gasteiger partial charge in [-0.05, 0) is 12.1 Å². The van der Waals surface area contributed by atoms with Gasteiger partial charge in [-0.3, -0.25) is 4.79 Å². The predicted molar refractivity (Wildman–Crippen MR) is 69.0 cm³/mol. The minimum atomic E-state index is -0.0810. The molecule has 2 rings (SSSR count). The second-order valence-electron chi connectivity index (χ2n) is 3.35. The van der Waals surface area contributed by atoms with Gasteiger partial charge in [0.05, 0.1) is 17.2 Å². The number of hydrogen-bond donors (Lipinski definition) is 1. The van der Waals surface area contributed by atoms with Gasteiger partial charge in [-0.15, -0.1) is 0 Å². The second-order valence-corrected chi connectivity index (χ2v) is 3.71. The average Bonchev–Trinajstić information content (AvgIpc) is 2.32. The Kier molecular flexibility index (Phi) is 3.41. The molecule has 2 aromatic rings. The number of allylic oxidation sites excluding steroid dienone is 1. The van der Waals surface area contributed by atoms with Gasteiger partial charge >= 0.3 is 0 Å². The lowest BCUT2D eigenvalue weighted by Crippen LogP contribution is -2.19. The largest absolute Gasteiger partial charge is 0.302 e. The van der Waals surface area contributed by atoms with Crippen molar-refractivity contribution in [3.8, 4) is 0 Å². The molecular weight excluding hydrogens is 220 g/mol. The highest BCUT2D eigenvalue weighted by atomic mass is 32.1. The Bertz CT molecular complexity index is 574. The van der Waals surface area contributed by atoms with Crippen LogP contribution < -0.4 is 5.56 Å². The van der Waals surface area contributed by atoms with Gasteiger partial charge in [0.2, 0.25) is 0 Å². The summed E-state index contributed by atoms with van der Waals surface area (Å²) in [5, 5.41) is 0. The van der Waals surface area contributed by atoms with Gasteiger partial charge in [0.1, 0.15) is 0 Å². The normalized spacial score (nSPS) is 11.3.